The summed E-state index contributed by atoms with van der Waals surface area (Å²) in [5.74, 6) is 0.927. The van der Waals surface area contributed by atoms with Gasteiger partial charge < -0.3 is 19.5 Å². The third-order valence-corrected chi connectivity index (χ3v) is 7.52. The molecule has 3 aromatic carbocycles. The number of anilines is 2. The van der Waals surface area contributed by atoms with Gasteiger partial charge in [0.15, 0.2) is 5.16 Å². The number of ether oxygens (including phenoxy) is 1. The van der Waals surface area contributed by atoms with Crippen LogP contribution in [-0.4, -0.2) is 57.1 Å². The van der Waals surface area contributed by atoms with Gasteiger partial charge in [-0.1, -0.05) is 53.7 Å². The van der Waals surface area contributed by atoms with E-state index in [4.69, 9.17) is 4.74 Å². The predicted molar refractivity (Wildman–Crippen MR) is 148 cm³/mol. The number of fused-ring (bicyclic) bond motifs is 3. The molecule has 0 aliphatic carbocycles. The van der Waals surface area contributed by atoms with Crippen LogP contribution in [0.3, 0.4) is 0 Å². The fourth-order valence-corrected chi connectivity index (χ4v) is 5.41. The molecule has 6 rings (SSSR count). The Kier molecular flexibility index (Phi) is 6.55. The van der Waals surface area contributed by atoms with Crippen LogP contribution in [0.1, 0.15) is 11.1 Å². The largest absolute Gasteiger partial charge is 0.378 e. The highest BCUT2D eigenvalue weighted by molar-refractivity contribution is 7.99. The van der Waals surface area contributed by atoms with E-state index in [0.29, 0.717) is 11.7 Å². The Balaban J connectivity index is 1.17. The molecule has 3 heterocycles. The minimum atomic E-state index is -0.0794. The first-order chi connectivity index (χ1) is 18.2. The number of para-hydroxylation sites is 2. The smallest absolute Gasteiger partial charge is 0.237 e. The minimum absolute atomic E-state index is 0.0794. The second-order valence-electron chi connectivity index (χ2n) is 9.16. The highest BCUT2D eigenvalue weighted by atomic mass is 32.2. The summed E-state index contributed by atoms with van der Waals surface area (Å²) in [6.45, 7) is 6.05. The van der Waals surface area contributed by atoms with Crippen LogP contribution in [0.2, 0.25) is 0 Å². The Labute approximate surface area is 219 Å². The predicted octanol–water partition coefficient (Wildman–Crippen LogP) is 4.61. The van der Waals surface area contributed by atoms with E-state index in [2.05, 4.69) is 68.3 Å². The summed E-state index contributed by atoms with van der Waals surface area (Å²) < 4.78 is 9.64. The van der Waals surface area contributed by atoms with E-state index in [9.17, 15) is 4.79 Å². The zero-order valence-corrected chi connectivity index (χ0v) is 21.4. The first-order valence-electron chi connectivity index (χ1n) is 12.4. The van der Waals surface area contributed by atoms with Crippen molar-refractivity contribution in [1.82, 2.24) is 19.2 Å². The van der Waals surface area contributed by atoms with Gasteiger partial charge in [0.05, 0.1) is 36.5 Å². The van der Waals surface area contributed by atoms with Crippen molar-refractivity contribution < 1.29 is 9.53 Å². The molecule has 0 atom stereocenters. The molecule has 2 aromatic heterocycles. The molecular formula is C28H28N6O2S. The van der Waals surface area contributed by atoms with Gasteiger partial charge in [-0.25, -0.2) is 0 Å². The molecule has 0 bridgehead atoms. The van der Waals surface area contributed by atoms with Crippen molar-refractivity contribution in [3.63, 3.8) is 0 Å². The van der Waals surface area contributed by atoms with Crippen LogP contribution in [-0.2, 0) is 16.1 Å². The third-order valence-electron chi connectivity index (χ3n) is 6.59. The number of aryl methyl sites for hydroxylation is 1. The number of aromatic nitrogens is 4. The average Bonchev–Trinajstić information content (AvgIpc) is 3.49. The Bertz CT molecular complexity index is 1540. The molecule has 1 amide bonds. The minimum Gasteiger partial charge on any atom is -0.378 e. The number of benzene rings is 3. The van der Waals surface area contributed by atoms with Gasteiger partial charge in [0.2, 0.25) is 11.7 Å². The fourth-order valence-electron chi connectivity index (χ4n) is 4.67. The third kappa shape index (κ3) is 4.92. The molecule has 5 aromatic rings. The van der Waals surface area contributed by atoms with E-state index in [-0.39, 0.29) is 11.7 Å². The maximum atomic E-state index is 12.7. The maximum absolute atomic E-state index is 12.7. The second-order valence-corrected chi connectivity index (χ2v) is 10.1. The van der Waals surface area contributed by atoms with Gasteiger partial charge in [0.25, 0.3) is 0 Å². The monoisotopic (exact) mass is 512 g/mol. The molecular weight excluding hydrogens is 484 g/mol. The SMILES string of the molecule is Cc1ccc(Cn2c3ccccc3n3c(SCC(=O)Nc4ccc(N5CCOCC5)cc4)nnc23)cc1. The Morgan fingerprint density at radius 2 is 1.68 bits per heavy atom. The highest BCUT2D eigenvalue weighted by Crippen LogP contribution is 2.27. The quantitative estimate of drug-likeness (QED) is 0.321. The van der Waals surface area contributed by atoms with Gasteiger partial charge in [-0.2, -0.15) is 0 Å². The first kappa shape index (κ1) is 23.6. The van der Waals surface area contributed by atoms with Crippen molar-refractivity contribution in [2.24, 2.45) is 0 Å². The summed E-state index contributed by atoms with van der Waals surface area (Å²) in [5, 5.41) is 12.6. The molecule has 1 aliphatic rings. The van der Waals surface area contributed by atoms with E-state index < -0.39 is 0 Å². The molecule has 1 N–H and O–H groups in total. The lowest BCUT2D eigenvalue weighted by molar-refractivity contribution is -0.113. The molecule has 8 nitrogen and oxygen atoms in total. The molecule has 0 spiro atoms. The number of imidazole rings is 1. The molecule has 0 unspecified atom stereocenters. The summed E-state index contributed by atoms with van der Waals surface area (Å²) in [5.41, 5.74) is 6.46. The van der Waals surface area contributed by atoms with Crippen molar-refractivity contribution in [1.29, 1.82) is 0 Å². The van der Waals surface area contributed by atoms with Crippen LogP contribution in [0.4, 0.5) is 11.4 Å². The van der Waals surface area contributed by atoms with Gasteiger partial charge in [0.1, 0.15) is 0 Å². The second kappa shape index (κ2) is 10.3. The first-order valence-corrected chi connectivity index (χ1v) is 13.4. The zero-order chi connectivity index (χ0) is 25.2. The van der Waals surface area contributed by atoms with Crippen molar-refractivity contribution in [2.45, 2.75) is 18.6 Å². The van der Waals surface area contributed by atoms with Crippen LogP contribution in [0, 0.1) is 6.92 Å². The molecule has 188 valence electrons. The van der Waals surface area contributed by atoms with Gasteiger partial charge in [0, 0.05) is 24.5 Å². The topological polar surface area (TPSA) is 76.7 Å². The number of thioether (sulfide) groups is 1. The van der Waals surface area contributed by atoms with Gasteiger partial charge in [-0.15, -0.1) is 10.2 Å². The number of carbonyl (C=O) groups excluding carboxylic acids is 1. The Morgan fingerprint density at radius 1 is 0.946 bits per heavy atom. The summed E-state index contributed by atoms with van der Waals surface area (Å²) in [6.07, 6.45) is 0. The number of amides is 1. The van der Waals surface area contributed by atoms with Crippen LogP contribution in [0.15, 0.2) is 78.0 Å². The summed E-state index contributed by atoms with van der Waals surface area (Å²) >= 11 is 1.39. The van der Waals surface area contributed by atoms with Gasteiger partial charge in [-0.05, 0) is 48.9 Å². The molecule has 1 fully saturated rings. The van der Waals surface area contributed by atoms with E-state index in [1.54, 1.807) is 0 Å². The summed E-state index contributed by atoms with van der Waals surface area (Å²) in [7, 11) is 0. The van der Waals surface area contributed by atoms with Crippen molar-refractivity contribution in [2.75, 3.05) is 42.3 Å². The number of nitrogens with zero attached hydrogens (tertiary/aromatic N) is 5. The standard InChI is InChI=1S/C28H28N6O2S/c1-20-6-8-21(9-7-20)18-33-24-4-2-3-5-25(24)34-27(33)30-31-28(34)37-19-26(35)29-22-10-12-23(13-11-22)32-14-16-36-17-15-32/h2-13H,14-19H2,1H3,(H,29,35). The summed E-state index contributed by atoms with van der Waals surface area (Å²) in [4.78, 5) is 15.0. The van der Waals surface area contributed by atoms with Crippen molar-refractivity contribution in [3.05, 3.63) is 83.9 Å². The summed E-state index contributed by atoms with van der Waals surface area (Å²) in [6, 6.07) is 24.7. The lowest BCUT2D eigenvalue weighted by Gasteiger charge is -2.28. The van der Waals surface area contributed by atoms with E-state index in [1.807, 2.05) is 40.8 Å². The van der Waals surface area contributed by atoms with Gasteiger partial charge >= 0.3 is 0 Å². The van der Waals surface area contributed by atoms with Crippen LogP contribution in [0.5, 0.6) is 0 Å². The van der Waals surface area contributed by atoms with Crippen LogP contribution >= 0.6 is 11.8 Å². The van der Waals surface area contributed by atoms with Crippen molar-refractivity contribution in [3.8, 4) is 0 Å². The van der Waals surface area contributed by atoms with Crippen molar-refractivity contribution >= 4 is 45.9 Å². The van der Waals surface area contributed by atoms with E-state index in [1.165, 1.54) is 22.9 Å². The van der Waals surface area contributed by atoms with Gasteiger partial charge in [-0.3, -0.25) is 9.20 Å². The van der Waals surface area contributed by atoms with Crippen LogP contribution < -0.4 is 10.2 Å². The average molecular weight is 513 g/mol. The molecule has 9 heteroatoms. The number of hydrogen-bond donors (Lipinski definition) is 1. The Hall–Kier alpha value is -3.82. The number of hydrogen-bond acceptors (Lipinski definition) is 6. The number of nitrogens with one attached hydrogen (secondary N) is 1. The Morgan fingerprint density at radius 3 is 2.43 bits per heavy atom. The molecule has 0 saturated carbocycles. The maximum Gasteiger partial charge on any atom is 0.237 e. The molecule has 1 aliphatic heterocycles. The van der Waals surface area contributed by atoms with E-state index >= 15 is 0 Å². The molecule has 0 radical (unpaired) electrons. The van der Waals surface area contributed by atoms with E-state index in [0.717, 1.165) is 54.5 Å². The number of carbonyl (C=O) groups is 1. The number of rotatable bonds is 7. The lowest BCUT2D eigenvalue weighted by atomic mass is 10.1. The fraction of sp³-hybridized carbons (Fsp3) is 0.250. The zero-order valence-electron chi connectivity index (χ0n) is 20.6. The highest BCUT2D eigenvalue weighted by Gasteiger charge is 2.18. The van der Waals surface area contributed by atoms with Crippen LogP contribution in [0.25, 0.3) is 16.8 Å². The molecule has 1 saturated heterocycles. The normalized spacial score (nSPS) is 13.9. The molecule has 37 heavy (non-hydrogen) atoms. The lowest BCUT2D eigenvalue weighted by Crippen LogP contribution is -2.36. The number of morpholine rings is 1.